The molecule has 0 unspecified atom stereocenters. The SMILES string of the molecule is Cc1cc(C(F)(F)F)cc(N2C(=O)CC[C@H]2C(=O)N2CCOc3cc(F)ccc32)n1. The van der Waals surface area contributed by atoms with E-state index in [0.29, 0.717) is 5.69 Å². The maximum atomic E-state index is 13.5. The number of pyridine rings is 1. The number of aromatic nitrogens is 1. The third-order valence-electron chi connectivity index (χ3n) is 5.06. The van der Waals surface area contributed by atoms with Gasteiger partial charge >= 0.3 is 6.18 Å². The fourth-order valence-corrected chi connectivity index (χ4v) is 3.75. The van der Waals surface area contributed by atoms with Crippen LogP contribution in [0.5, 0.6) is 5.75 Å². The lowest BCUT2D eigenvalue weighted by Crippen LogP contribution is -2.49. The topological polar surface area (TPSA) is 62.7 Å². The van der Waals surface area contributed by atoms with Crippen molar-refractivity contribution in [2.45, 2.75) is 32.0 Å². The second-order valence-electron chi connectivity index (χ2n) is 7.12. The van der Waals surface area contributed by atoms with Gasteiger partial charge in [0, 0.05) is 18.2 Å². The van der Waals surface area contributed by atoms with Gasteiger partial charge in [-0.1, -0.05) is 0 Å². The van der Waals surface area contributed by atoms with Crippen molar-refractivity contribution in [1.29, 1.82) is 0 Å². The Morgan fingerprint density at radius 2 is 2.00 bits per heavy atom. The van der Waals surface area contributed by atoms with Gasteiger partial charge in [0.15, 0.2) is 0 Å². The van der Waals surface area contributed by atoms with Crippen molar-refractivity contribution in [2.24, 2.45) is 0 Å². The van der Waals surface area contributed by atoms with Gasteiger partial charge in [0.2, 0.25) is 11.8 Å². The van der Waals surface area contributed by atoms with Crippen LogP contribution in [0.1, 0.15) is 24.1 Å². The molecule has 6 nitrogen and oxygen atoms in total. The summed E-state index contributed by atoms with van der Waals surface area (Å²) >= 11 is 0. The first-order valence-electron chi connectivity index (χ1n) is 9.27. The Bertz CT molecular complexity index is 1020. The molecular weight excluding hydrogens is 406 g/mol. The Labute approximate surface area is 169 Å². The zero-order valence-electron chi connectivity index (χ0n) is 15.9. The van der Waals surface area contributed by atoms with Crippen molar-refractivity contribution in [3.05, 3.63) is 47.4 Å². The van der Waals surface area contributed by atoms with E-state index in [0.717, 1.165) is 23.1 Å². The number of nitrogens with zero attached hydrogens (tertiary/aromatic N) is 3. The molecule has 1 saturated heterocycles. The predicted molar refractivity (Wildman–Crippen MR) is 98.7 cm³/mol. The van der Waals surface area contributed by atoms with Gasteiger partial charge in [-0.05, 0) is 37.6 Å². The summed E-state index contributed by atoms with van der Waals surface area (Å²) in [5.74, 6) is -1.50. The van der Waals surface area contributed by atoms with E-state index in [4.69, 9.17) is 4.74 Å². The molecule has 10 heteroatoms. The maximum Gasteiger partial charge on any atom is 0.416 e. The van der Waals surface area contributed by atoms with Crippen LogP contribution in [0.15, 0.2) is 30.3 Å². The van der Waals surface area contributed by atoms with Gasteiger partial charge in [0.05, 0.1) is 17.8 Å². The Hall–Kier alpha value is -3.17. The summed E-state index contributed by atoms with van der Waals surface area (Å²) in [6, 6.07) is 4.39. The average Bonchev–Trinajstić information content (AvgIpc) is 3.07. The number of carbonyl (C=O) groups excluding carboxylic acids is 2. The summed E-state index contributed by atoms with van der Waals surface area (Å²) in [4.78, 5) is 32.2. The van der Waals surface area contributed by atoms with Crippen molar-refractivity contribution >= 4 is 23.3 Å². The zero-order chi connectivity index (χ0) is 21.6. The Balaban J connectivity index is 1.70. The third-order valence-corrected chi connectivity index (χ3v) is 5.06. The van der Waals surface area contributed by atoms with Crippen molar-refractivity contribution < 1.29 is 31.9 Å². The van der Waals surface area contributed by atoms with Crippen LogP contribution in [0, 0.1) is 12.7 Å². The van der Waals surface area contributed by atoms with E-state index in [1.807, 2.05) is 0 Å². The number of halogens is 4. The van der Waals surface area contributed by atoms with Gasteiger partial charge < -0.3 is 9.64 Å². The molecule has 3 heterocycles. The van der Waals surface area contributed by atoms with Gasteiger partial charge in [-0.3, -0.25) is 14.5 Å². The van der Waals surface area contributed by atoms with Crippen molar-refractivity contribution in [2.75, 3.05) is 23.0 Å². The van der Waals surface area contributed by atoms with Gasteiger partial charge in [-0.2, -0.15) is 13.2 Å². The molecule has 0 aliphatic carbocycles. The quantitative estimate of drug-likeness (QED) is 0.694. The number of rotatable bonds is 2. The van der Waals surface area contributed by atoms with E-state index in [9.17, 15) is 27.2 Å². The van der Waals surface area contributed by atoms with Gasteiger partial charge in [-0.15, -0.1) is 0 Å². The number of alkyl halides is 3. The molecule has 0 N–H and O–H groups in total. The molecule has 2 aliphatic heterocycles. The molecule has 0 spiro atoms. The van der Waals surface area contributed by atoms with Crippen LogP contribution in [-0.4, -0.2) is 36.0 Å². The summed E-state index contributed by atoms with van der Waals surface area (Å²) in [6.07, 6.45) is -4.46. The number of benzene rings is 1. The summed E-state index contributed by atoms with van der Waals surface area (Å²) in [5, 5.41) is 0. The zero-order valence-corrected chi connectivity index (χ0v) is 15.9. The van der Waals surface area contributed by atoms with Crippen LogP contribution < -0.4 is 14.5 Å². The maximum absolute atomic E-state index is 13.5. The van der Waals surface area contributed by atoms with Gasteiger partial charge in [0.25, 0.3) is 0 Å². The summed E-state index contributed by atoms with van der Waals surface area (Å²) in [5.41, 5.74) is -0.513. The third kappa shape index (κ3) is 3.57. The normalized spacial score (nSPS) is 19.0. The molecule has 2 aliphatic rings. The molecule has 0 saturated carbocycles. The smallest absolute Gasteiger partial charge is 0.416 e. The molecule has 0 radical (unpaired) electrons. The van der Waals surface area contributed by atoms with E-state index in [1.165, 1.54) is 24.0 Å². The number of carbonyl (C=O) groups is 2. The van der Waals surface area contributed by atoms with Crippen LogP contribution in [-0.2, 0) is 15.8 Å². The number of ether oxygens (including phenoxy) is 1. The van der Waals surface area contributed by atoms with Crippen molar-refractivity contribution in [3.63, 3.8) is 0 Å². The number of anilines is 2. The number of fused-ring (bicyclic) bond motifs is 1. The number of aryl methyl sites for hydroxylation is 1. The van der Waals surface area contributed by atoms with Crippen molar-refractivity contribution in [3.8, 4) is 5.75 Å². The summed E-state index contributed by atoms with van der Waals surface area (Å²) in [7, 11) is 0. The first-order valence-corrected chi connectivity index (χ1v) is 9.27. The molecule has 158 valence electrons. The highest BCUT2D eigenvalue weighted by atomic mass is 19.4. The van der Waals surface area contributed by atoms with Crippen LogP contribution in [0.25, 0.3) is 0 Å². The number of amides is 2. The monoisotopic (exact) mass is 423 g/mol. The largest absolute Gasteiger partial charge is 0.489 e. The molecule has 1 atom stereocenters. The highest BCUT2D eigenvalue weighted by Crippen LogP contribution is 2.37. The van der Waals surface area contributed by atoms with E-state index < -0.39 is 35.4 Å². The summed E-state index contributed by atoms with van der Waals surface area (Å²) < 4.78 is 58.6. The molecule has 0 bridgehead atoms. The minimum Gasteiger partial charge on any atom is -0.489 e. The first-order chi connectivity index (χ1) is 14.1. The van der Waals surface area contributed by atoms with Crippen molar-refractivity contribution in [1.82, 2.24) is 4.98 Å². The molecular formula is C20H17F4N3O3. The highest BCUT2D eigenvalue weighted by molar-refractivity contribution is 6.08. The van der Waals surface area contributed by atoms with Gasteiger partial charge in [-0.25, -0.2) is 9.37 Å². The molecule has 1 aromatic heterocycles. The Morgan fingerprint density at radius 1 is 1.23 bits per heavy atom. The minimum atomic E-state index is -4.61. The van der Waals surface area contributed by atoms with Gasteiger partial charge in [0.1, 0.15) is 30.0 Å². The number of hydrogen-bond donors (Lipinski definition) is 0. The lowest BCUT2D eigenvalue weighted by atomic mass is 10.1. The molecule has 2 amide bonds. The predicted octanol–water partition coefficient (Wildman–Crippen LogP) is 3.47. The van der Waals surface area contributed by atoms with Crippen LogP contribution >= 0.6 is 0 Å². The molecule has 1 aromatic carbocycles. The van der Waals surface area contributed by atoms with E-state index in [2.05, 4.69) is 4.98 Å². The van der Waals surface area contributed by atoms with E-state index in [-0.39, 0.29) is 43.3 Å². The Kier molecular flexibility index (Phi) is 4.87. The van der Waals surface area contributed by atoms with E-state index >= 15 is 0 Å². The lowest BCUT2D eigenvalue weighted by Gasteiger charge is -2.33. The standard InChI is InChI=1S/C20H17F4N3O3/c1-11-8-12(20(22,23)24)9-17(25-11)27-15(4-5-18(27)28)19(29)26-6-7-30-16-10-13(21)2-3-14(16)26/h2-3,8-10,15H,4-7H2,1H3/t15-/m0/s1. The fourth-order valence-electron chi connectivity index (χ4n) is 3.75. The molecule has 30 heavy (non-hydrogen) atoms. The summed E-state index contributed by atoms with van der Waals surface area (Å²) in [6.45, 7) is 1.69. The minimum absolute atomic E-state index is 0.00793. The van der Waals surface area contributed by atoms with Crippen LogP contribution in [0.2, 0.25) is 0 Å². The van der Waals surface area contributed by atoms with E-state index in [1.54, 1.807) is 0 Å². The first kappa shape index (κ1) is 20.1. The average molecular weight is 423 g/mol. The lowest BCUT2D eigenvalue weighted by molar-refractivity contribution is -0.137. The molecule has 4 rings (SSSR count). The molecule has 1 fully saturated rings. The Morgan fingerprint density at radius 3 is 2.73 bits per heavy atom. The fraction of sp³-hybridized carbons (Fsp3) is 0.350. The highest BCUT2D eigenvalue weighted by Gasteiger charge is 2.42. The molecule has 2 aromatic rings. The van der Waals surface area contributed by atoms with Crippen LogP contribution in [0.4, 0.5) is 29.1 Å². The number of hydrogen-bond acceptors (Lipinski definition) is 4. The van der Waals surface area contributed by atoms with Crippen LogP contribution in [0.3, 0.4) is 0 Å². The second kappa shape index (κ2) is 7.26. The second-order valence-corrected chi connectivity index (χ2v) is 7.12.